The lowest BCUT2D eigenvalue weighted by molar-refractivity contribution is -0.385. The Morgan fingerprint density at radius 3 is 2.06 bits per heavy atom. The van der Waals surface area contributed by atoms with Gasteiger partial charge >= 0.3 is 14.0 Å². The predicted octanol–water partition coefficient (Wildman–Crippen LogP) is 2.32. The van der Waals surface area contributed by atoms with Gasteiger partial charge in [-0.05, 0) is 12.1 Å². The third kappa shape index (κ3) is 7.15. The highest BCUT2D eigenvalue weighted by Gasteiger charge is 2.14. The molecule has 0 aromatic heterocycles. The third-order valence-electron chi connectivity index (χ3n) is 1.58. The number of halogens is 2. The van der Waals surface area contributed by atoms with Crippen molar-refractivity contribution < 1.29 is 22.8 Å². The molecule has 0 saturated carbocycles. The molecule has 0 atom stereocenters. The molecule has 0 aliphatic carbocycles. The van der Waals surface area contributed by atoms with Crippen molar-refractivity contribution in [2.24, 2.45) is 0 Å². The van der Waals surface area contributed by atoms with Gasteiger partial charge in [-0.3, -0.25) is 10.1 Å². The Balaban J connectivity index is 0.000000494. The van der Waals surface area contributed by atoms with Gasteiger partial charge in [0.1, 0.15) is 5.75 Å². The van der Waals surface area contributed by atoms with E-state index < -0.39 is 13.2 Å². The van der Waals surface area contributed by atoms with Gasteiger partial charge in [-0.25, -0.2) is 0 Å². The van der Waals surface area contributed by atoms with Crippen molar-refractivity contribution in [3.8, 4) is 11.5 Å². The number of nitrogens with zero attached hydrogens (tertiary/aromatic N) is 1. The molecule has 0 radical (unpaired) electrons. The van der Waals surface area contributed by atoms with Crippen LogP contribution in [0.1, 0.15) is 0 Å². The van der Waals surface area contributed by atoms with Gasteiger partial charge in [0.05, 0.1) is 25.2 Å². The standard InChI is InChI=1S/C8H9NO4.Cl2O2S/c1-12-6-3-4-8(13-2)7(5-6)9(10)11;1-5(2,3)4/h3-5H,1-2H3;. The van der Waals surface area contributed by atoms with Gasteiger partial charge in [-0.15, -0.1) is 0 Å². The van der Waals surface area contributed by atoms with Crippen LogP contribution >= 0.6 is 21.4 Å². The van der Waals surface area contributed by atoms with Crippen LogP contribution in [0.15, 0.2) is 18.2 Å². The number of hydrogen-bond acceptors (Lipinski definition) is 6. The van der Waals surface area contributed by atoms with E-state index in [1.165, 1.54) is 26.4 Å². The lowest BCUT2D eigenvalue weighted by Crippen LogP contribution is -1.94. The first kappa shape index (κ1) is 16.8. The van der Waals surface area contributed by atoms with Crippen molar-refractivity contribution in [1.82, 2.24) is 0 Å². The molecule has 10 heteroatoms. The molecule has 0 spiro atoms. The van der Waals surface area contributed by atoms with E-state index in [1.807, 2.05) is 0 Å². The van der Waals surface area contributed by atoms with Gasteiger partial charge in [0.15, 0.2) is 5.75 Å². The summed E-state index contributed by atoms with van der Waals surface area (Å²) in [5.74, 6) is 0.665. The molecule has 0 fully saturated rings. The van der Waals surface area contributed by atoms with Crippen molar-refractivity contribution in [3.05, 3.63) is 28.3 Å². The normalized spacial score (nSPS) is 10.0. The third-order valence-corrected chi connectivity index (χ3v) is 1.58. The van der Waals surface area contributed by atoms with E-state index in [1.54, 1.807) is 6.07 Å². The SMILES string of the molecule is COc1ccc(OC)c([N+](=O)[O-])c1.O=S(=O)(Cl)Cl. The van der Waals surface area contributed by atoms with Crippen LogP contribution in [0, 0.1) is 10.1 Å². The Labute approximate surface area is 112 Å². The van der Waals surface area contributed by atoms with Crippen molar-refractivity contribution >= 4 is 35.3 Å². The van der Waals surface area contributed by atoms with Gasteiger partial charge in [-0.1, -0.05) is 0 Å². The number of nitro groups is 1. The quantitative estimate of drug-likeness (QED) is 0.482. The first-order valence-corrected chi connectivity index (χ1v) is 7.33. The number of benzene rings is 1. The highest BCUT2D eigenvalue weighted by Crippen LogP contribution is 2.30. The molecular weight excluding hydrogens is 309 g/mol. The second kappa shape index (κ2) is 7.24. The van der Waals surface area contributed by atoms with Crippen LogP contribution in [0.4, 0.5) is 5.69 Å². The zero-order valence-corrected chi connectivity index (χ0v) is 11.6. The molecule has 1 aromatic carbocycles. The maximum atomic E-state index is 10.5. The summed E-state index contributed by atoms with van der Waals surface area (Å²) in [5, 5.41) is 10.5. The summed E-state index contributed by atoms with van der Waals surface area (Å²) >= 11 is 0. The van der Waals surface area contributed by atoms with Gasteiger partial charge in [0.2, 0.25) is 0 Å². The maximum absolute atomic E-state index is 10.5. The number of methoxy groups -OCH3 is 2. The van der Waals surface area contributed by atoms with Crippen LogP contribution in [0.25, 0.3) is 0 Å². The van der Waals surface area contributed by atoms with Crippen LogP contribution in [0.2, 0.25) is 0 Å². The molecule has 0 aliphatic rings. The van der Waals surface area contributed by atoms with Crippen molar-refractivity contribution in [3.63, 3.8) is 0 Å². The van der Waals surface area contributed by atoms with Crippen molar-refractivity contribution in [2.45, 2.75) is 0 Å². The van der Waals surface area contributed by atoms with E-state index in [2.05, 4.69) is 21.4 Å². The zero-order valence-electron chi connectivity index (χ0n) is 9.29. The van der Waals surface area contributed by atoms with Crippen LogP contribution in [0.3, 0.4) is 0 Å². The fourth-order valence-corrected chi connectivity index (χ4v) is 0.939. The fraction of sp³-hybridized carbons (Fsp3) is 0.250. The minimum absolute atomic E-state index is 0.0955. The molecule has 0 saturated heterocycles. The summed E-state index contributed by atoms with van der Waals surface area (Å²) in [7, 11) is 7.65. The van der Waals surface area contributed by atoms with E-state index in [9.17, 15) is 10.1 Å². The second-order valence-corrected chi connectivity index (χ2v) is 6.34. The topological polar surface area (TPSA) is 95.7 Å². The van der Waals surface area contributed by atoms with Gasteiger partial charge in [0, 0.05) is 21.4 Å². The van der Waals surface area contributed by atoms with Crippen LogP contribution in [-0.4, -0.2) is 27.6 Å². The van der Waals surface area contributed by atoms with Crippen molar-refractivity contribution in [2.75, 3.05) is 14.2 Å². The number of ether oxygens (including phenoxy) is 2. The van der Waals surface area contributed by atoms with Crippen molar-refractivity contribution in [1.29, 1.82) is 0 Å². The average Bonchev–Trinajstić information content (AvgIpc) is 2.25. The van der Waals surface area contributed by atoms with Gasteiger partial charge < -0.3 is 9.47 Å². The first-order valence-electron chi connectivity index (χ1n) is 4.19. The molecule has 102 valence electrons. The van der Waals surface area contributed by atoms with Crippen LogP contribution < -0.4 is 9.47 Å². The summed E-state index contributed by atoms with van der Waals surface area (Å²) in [5.41, 5.74) is -0.0955. The Kier molecular flexibility index (Phi) is 6.74. The lowest BCUT2D eigenvalue weighted by Gasteiger charge is -2.03. The van der Waals surface area contributed by atoms with E-state index in [0.29, 0.717) is 5.75 Å². The molecule has 0 heterocycles. The fourth-order valence-electron chi connectivity index (χ4n) is 0.939. The van der Waals surface area contributed by atoms with Crippen LogP contribution in [-0.2, 0) is 8.26 Å². The highest BCUT2D eigenvalue weighted by atomic mass is 36.0. The van der Waals surface area contributed by atoms with Crippen LogP contribution in [0.5, 0.6) is 11.5 Å². The molecule has 1 rings (SSSR count). The monoisotopic (exact) mass is 317 g/mol. The smallest absolute Gasteiger partial charge is 0.317 e. The maximum Gasteiger partial charge on any atom is 0.317 e. The summed E-state index contributed by atoms with van der Waals surface area (Å²) in [6, 6.07) is 4.42. The van der Waals surface area contributed by atoms with Gasteiger partial charge in [0.25, 0.3) is 0 Å². The predicted molar refractivity (Wildman–Crippen MR) is 66.8 cm³/mol. The molecule has 0 aliphatic heterocycles. The van der Waals surface area contributed by atoms with E-state index >= 15 is 0 Å². The molecule has 0 bridgehead atoms. The molecule has 7 nitrogen and oxygen atoms in total. The summed E-state index contributed by atoms with van der Waals surface area (Å²) in [4.78, 5) is 10.0. The Hall–Kier alpha value is -1.25. The average molecular weight is 318 g/mol. The Bertz CT molecular complexity index is 510. The summed E-state index contributed by atoms with van der Waals surface area (Å²) < 4.78 is 28.0. The lowest BCUT2D eigenvalue weighted by atomic mass is 10.3. The number of rotatable bonds is 3. The number of nitro benzene ring substituents is 1. The molecule has 18 heavy (non-hydrogen) atoms. The zero-order chi connectivity index (χ0) is 14.3. The number of hydrogen-bond donors (Lipinski definition) is 0. The molecule has 0 N–H and O–H groups in total. The summed E-state index contributed by atoms with van der Waals surface area (Å²) in [6.07, 6.45) is 0. The van der Waals surface area contributed by atoms with E-state index in [0.717, 1.165) is 0 Å². The molecular formula is C8H9Cl2NO6S. The Morgan fingerprint density at radius 2 is 1.72 bits per heavy atom. The highest BCUT2D eigenvalue weighted by molar-refractivity contribution is 8.31. The molecule has 0 amide bonds. The summed E-state index contributed by atoms with van der Waals surface area (Å²) in [6.45, 7) is 0. The largest absolute Gasteiger partial charge is 0.496 e. The van der Waals surface area contributed by atoms with E-state index in [-0.39, 0.29) is 11.4 Å². The van der Waals surface area contributed by atoms with E-state index in [4.69, 9.17) is 17.9 Å². The molecule has 1 aromatic rings. The minimum Gasteiger partial charge on any atom is -0.496 e. The minimum atomic E-state index is -3.72. The van der Waals surface area contributed by atoms with Gasteiger partial charge in [-0.2, -0.15) is 8.42 Å². The molecule has 0 unspecified atom stereocenters. The first-order chi connectivity index (χ1) is 8.19. The second-order valence-electron chi connectivity index (χ2n) is 2.67. The Morgan fingerprint density at radius 1 is 1.22 bits per heavy atom.